The van der Waals surface area contributed by atoms with Crippen LogP contribution in [0.5, 0.6) is 0 Å². The first kappa shape index (κ1) is 17.7. The third-order valence-corrected chi connectivity index (χ3v) is 5.02. The summed E-state index contributed by atoms with van der Waals surface area (Å²) in [6.45, 7) is 3.34. The maximum atomic E-state index is 11.9. The summed E-state index contributed by atoms with van der Waals surface area (Å²) < 4.78 is 14.9. The lowest BCUT2D eigenvalue weighted by Crippen LogP contribution is -2.40. The lowest BCUT2D eigenvalue weighted by Gasteiger charge is -2.32. The Morgan fingerprint density at radius 2 is 2.28 bits per heavy atom. The van der Waals surface area contributed by atoms with E-state index in [1.54, 1.807) is 6.20 Å². The number of imidazole rings is 1. The molecule has 7 heteroatoms. The van der Waals surface area contributed by atoms with Crippen molar-refractivity contribution in [3.05, 3.63) is 41.2 Å². The number of nitrogens with one attached hydrogen (secondary N) is 1. The largest absolute Gasteiger partial charge is 0.465 e. The molecule has 0 unspecified atom stereocenters. The first-order valence-corrected chi connectivity index (χ1v) is 8.58. The van der Waals surface area contributed by atoms with Gasteiger partial charge in [0, 0.05) is 57.1 Å². The molecule has 1 N–H and O–H groups in total. The molecule has 2 aromatic heterocycles. The molecule has 25 heavy (non-hydrogen) atoms. The summed E-state index contributed by atoms with van der Waals surface area (Å²) >= 11 is 0. The van der Waals surface area contributed by atoms with Crippen molar-refractivity contribution in [3.63, 3.8) is 0 Å². The van der Waals surface area contributed by atoms with Crippen molar-refractivity contribution < 1.29 is 14.3 Å². The minimum atomic E-state index is -0.300. The van der Waals surface area contributed by atoms with Gasteiger partial charge in [0.25, 0.3) is 0 Å². The van der Waals surface area contributed by atoms with Crippen LogP contribution < -0.4 is 5.32 Å². The SMILES string of the molecule is COC(=O)c1cc(CN[C@H]2CCCO[C@@H]2c2nccn2C)n(C)c1C. The highest BCUT2D eigenvalue weighted by Crippen LogP contribution is 2.27. The van der Waals surface area contributed by atoms with Crippen molar-refractivity contribution in [2.24, 2.45) is 14.1 Å². The van der Waals surface area contributed by atoms with Gasteiger partial charge in [-0.25, -0.2) is 9.78 Å². The average molecular weight is 346 g/mol. The molecule has 136 valence electrons. The van der Waals surface area contributed by atoms with Crippen molar-refractivity contribution in [1.82, 2.24) is 19.4 Å². The second-order valence-electron chi connectivity index (χ2n) is 6.50. The van der Waals surface area contributed by atoms with E-state index in [0.717, 1.165) is 36.7 Å². The number of hydrogen-bond acceptors (Lipinski definition) is 5. The summed E-state index contributed by atoms with van der Waals surface area (Å²) in [5, 5.41) is 3.59. The normalized spacial score (nSPS) is 20.6. The maximum Gasteiger partial charge on any atom is 0.339 e. The van der Waals surface area contributed by atoms with Gasteiger partial charge >= 0.3 is 5.97 Å². The zero-order valence-electron chi connectivity index (χ0n) is 15.3. The number of carbonyl (C=O) groups excluding carboxylic acids is 1. The summed E-state index contributed by atoms with van der Waals surface area (Å²) in [6, 6.07) is 2.08. The maximum absolute atomic E-state index is 11.9. The third-order valence-electron chi connectivity index (χ3n) is 5.02. The van der Waals surface area contributed by atoms with E-state index in [0.29, 0.717) is 12.1 Å². The number of aromatic nitrogens is 3. The van der Waals surface area contributed by atoms with E-state index in [2.05, 4.69) is 10.3 Å². The summed E-state index contributed by atoms with van der Waals surface area (Å²) in [5.41, 5.74) is 2.56. The van der Waals surface area contributed by atoms with E-state index in [9.17, 15) is 4.79 Å². The molecule has 3 heterocycles. The minimum absolute atomic E-state index is 0.0600. The van der Waals surface area contributed by atoms with E-state index < -0.39 is 0 Å². The third kappa shape index (κ3) is 3.48. The van der Waals surface area contributed by atoms with E-state index >= 15 is 0 Å². The van der Waals surface area contributed by atoms with Crippen LogP contribution in [0.1, 0.15) is 46.5 Å². The fraction of sp³-hybridized carbons (Fsp3) is 0.556. The molecule has 1 aliphatic heterocycles. The van der Waals surface area contributed by atoms with Gasteiger partial charge in [-0.3, -0.25) is 0 Å². The van der Waals surface area contributed by atoms with Crippen LogP contribution in [0.2, 0.25) is 0 Å². The number of methoxy groups -OCH3 is 1. The molecule has 7 nitrogen and oxygen atoms in total. The van der Waals surface area contributed by atoms with Gasteiger partial charge in [-0.15, -0.1) is 0 Å². The molecule has 0 bridgehead atoms. The summed E-state index contributed by atoms with van der Waals surface area (Å²) in [5.74, 6) is 0.641. The van der Waals surface area contributed by atoms with Gasteiger partial charge in [0.05, 0.1) is 12.7 Å². The van der Waals surface area contributed by atoms with Crippen LogP contribution in [0.4, 0.5) is 0 Å². The van der Waals surface area contributed by atoms with Gasteiger partial charge in [-0.2, -0.15) is 0 Å². The summed E-state index contributed by atoms with van der Waals surface area (Å²) in [7, 11) is 5.36. The Morgan fingerprint density at radius 1 is 1.48 bits per heavy atom. The van der Waals surface area contributed by atoms with E-state index in [1.807, 2.05) is 42.4 Å². The van der Waals surface area contributed by atoms with E-state index in [1.165, 1.54) is 7.11 Å². The van der Waals surface area contributed by atoms with Gasteiger partial charge in [0.2, 0.25) is 0 Å². The Kier molecular flexibility index (Phi) is 5.24. The van der Waals surface area contributed by atoms with Gasteiger partial charge in [0.1, 0.15) is 11.9 Å². The van der Waals surface area contributed by atoms with E-state index in [-0.39, 0.29) is 18.1 Å². The number of esters is 1. The van der Waals surface area contributed by atoms with Crippen molar-refractivity contribution in [2.45, 2.75) is 38.5 Å². The molecule has 3 rings (SSSR count). The second-order valence-corrected chi connectivity index (χ2v) is 6.50. The highest BCUT2D eigenvalue weighted by Gasteiger charge is 2.30. The van der Waals surface area contributed by atoms with Gasteiger partial charge in [0.15, 0.2) is 0 Å². The molecule has 0 amide bonds. The Bertz CT molecular complexity index is 750. The van der Waals surface area contributed by atoms with Crippen LogP contribution >= 0.6 is 0 Å². The predicted molar refractivity (Wildman–Crippen MR) is 93.3 cm³/mol. The number of hydrogen-bond donors (Lipinski definition) is 1. The summed E-state index contributed by atoms with van der Waals surface area (Å²) in [4.78, 5) is 16.3. The van der Waals surface area contributed by atoms with E-state index in [4.69, 9.17) is 9.47 Å². The predicted octanol–water partition coefficient (Wildman–Crippen LogP) is 1.86. The Hall–Kier alpha value is -2.12. The first-order chi connectivity index (χ1) is 12.0. The molecular weight excluding hydrogens is 320 g/mol. The Morgan fingerprint density at radius 3 is 2.96 bits per heavy atom. The molecule has 0 spiro atoms. The number of nitrogens with zero attached hydrogens (tertiary/aromatic N) is 3. The van der Waals surface area contributed by atoms with Crippen LogP contribution in [0.15, 0.2) is 18.5 Å². The van der Waals surface area contributed by atoms with Crippen LogP contribution in [-0.4, -0.2) is 39.8 Å². The molecule has 1 fully saturated rings. The second kappa shape index (κ2) is 7.41. The zero-order chi connectivity index (χ0) is 18.0. The van der Waals surface area contributed by atoms with Crippen molar-refractivity contribution in [2.75, 3.05) is 13.7 Å². The molecule has 2 aromatic rings. The molecular formula is C18H26N4O3. The van der Waals surface area contributed by atoms with Crippen molar-refractivity contribution >= 4 is 5.97 Å². The molecule has 0 aliphatic carbocycles. The zero-order valence-corrected chi connectivity index (χ0v) is 15.3. The Labute approximate surface area is 147 Å². The monoisotopic (exact) mass is 346 g/mol. The van der Waals surface area contributed by atoms with Crippen molar-refractivity contribution in [1.29, 1.82) is 0 Å². The van der Waals surface area contributed by atoms with Gasteiger partial charge in [-0.1, -0.05) is 0 Å². The van der Waals surface area contributed by atoms with Crippen molar-refractivity contribution in [3.8, 4) is 0 Å². The molecule has 0 aromatic carbocycles. The fourth-order valence-electron chi connectivity index (χ4n) is 3.38. The Balaban J connectivity index is 1.74. The highest BCUT2D eigenvalue weighted by atomic mass is 16.5. The first-order valence-electron chi connectivity index (χ1n) is 8.58. The lowest BCUT2D eigenvalue weighted by molar-refractivity contribution is -0.0179. The van der Waals surface area contributed by atoms with Crippen LogP contribution in [0.3, 0.4) is 0 Å². The van der Waals surface area contributed by atoms with Gasteiger partial charge in [-0.05, 0) is 25.8 Å². The van der Waals surface area contributed by atoms with Crippen LogP contribution in [-0.2, 0) is 30.1 Å². The minimum Gasteiger partial charge on any atom is -0.465 e. The molecule has 0 radical (unpaired) electrons. The standard InChI is InChI=1S/C18H26N4O3/c1-12-14(18(23)24-4)10-13(22(12)3)11-20-15-6-5-9-25-16(15)17-19-7-8-21(17)2/h7-8,10,15-16,20H,5-6,9,11H2,1-4H3/t15-,16-/m0/s1. The molecule has 0 saturated carbocycles. The van der Waals surface area contributed by atoms with Crippen LogP contribution in [0, 0.1) is 6.92 Å². The lowest BCUT2D eigenvalue weighted by atomic mass is 10.0. The fourth-order valence-corrected chi connectivity index (χ4v) is 3.38. The van der Waals surface area contributed by atoms with Gasteiger partial charge < -0.3 is 23.9 Å². The topological polar surface area (TPSA) is 70.3 Å². The molecule has 1 saturated heterocycles. The number of carbonyl (C=O) groups is 1. The number of aryl methyl sites for hydroxylation is 1. The molecule has 1 aliphatic rings. The number of ether oxygens (including phenoxy) is 2. The number of rotatable bonds is 5. The average Bonchev–Trinajstić information content (AvgIpc) is 3.17. The highest BCUT2D eigenvalue weighted by molar-refractivity contribution is 5.91. The van der Waals surface area contributed by atoms with Crippen LogP contribution in [0.25, 0.3) is 0 Å². The quantitative estimate of drug-likeness (QED) is 0.837. The smallest absolute Gasteiger partial charge is 0.339 e. The summed E-state index contributed by atoms with van der Waals surface area (Å²) in [6.07, 6.45) is 5.74. The molecule has 2 atom stereocenters.